The van der Waals surface area contributed by atoms with E-state index in [-0.39, 0.29) is 23.6 Å². The Kier molecular flexibility index (Phi) is 3.29. The van der Waals surface area contributed by atoms with Crippen molar-refractivity contribution in [3.05, 3.63) is 28.8 Å². The number of nitrogens with one attached hydrogen (secondary N) is 1. The van der Waals surface area contributed by atoms with Crippen LogP contribution in [0, 0.1) is 5.92 Å². The highest BCUT2D eigenvalue weighted by Crippen LogP contribution is 2.47. The minimum Gasteiger partial charge on any atom is -0.477 e. The fourth-order valence-corrected chi connectivity index (χ4v) is 3.94. The van der Waals surface area contributed by atoms with Crippen LogP contribution in [0.3, 0.4) is 0 Å². The molecule has 2 aliphatic heterocycles. The maximum absolute atomic E-state index is 12.0. The lowest BCUT2D eigenvalue weighted by Gasteiger charge is -2.42. The van der Waals surface area contributed by atoms with Crippen molar-refractivity contribution in [1.29, 1.82) is 0 Å². The summed E-state index contributed by atoms with van der Waals surface area (Å²) in [5.41, 5.74) is 0.168. The van der Waals surface area contributed by atoms with Crippen molar-refractivity contribution in [1.82, 2.24) is 14.9 Å². The smallest absolute Gasteiger partial charge is 0.353 e. The Bertz CT molecular complexity index is 582. The van der Waals surface area contributed by atoms with Gasteiger partial charge in [-0.15, -0.1) is 11.8 Å². The molecule has 2 N–H and O–H groups in total. The average molecular weight is 293 g/mol. The van der Waals surface area contributed by atoms with Crippen molar-refractivity contribution >= 4 is 23.6 Å². The van der Waals surface area contributed by atoms with Crippen LogP contribution in [0.25, 0.3) is 0 Å². The number of nitrogens with zero attached hydrogens (tertiary/aromatic N) is 2. The quantitative estimate of drug-likeness (QED) is 0.805. The van der Waals surface area contributed by atoms with Crippen molar-refractivity contribution in [3.8, 4) is 0 Å². The van der Waals surface area contributed by atoms with E-state index in [0.29, 0.717) is 12.2 Å². The third kappa shape index (κ3) is 1.93. The molecule has 20 heavy (non-hydrogen) atoms. The molecule has 0 radical (unpaired) electrons. The first-order valence-electron chi connectivity index (χ1n) is 6.54. The summed E-state index contributed by atoms with van der Waals surface area (Å²) < 4.78 is 0. The topological polar surface area (TPSA) is 86.3 Å². The Morgan fingerprint density at radius 3 is 3.05 bits per heavy atom. The molecule has 1 amide bonds. The molecule has 0 unspecified atom stereocenters. The van der Waals surface area contributed by atoms with Crippen molar-refractivity contribution in [2.45, 2.75) is 31.6 Å². The van der Waals surface area contributed by atoms with Gasteiger partial charge in [0.1, 0.15) is 11.5 Å². The highest BCUT2D eigenvalue weighted by Gasteiger charge is 2.54. The van der Waals surface area contributed by atoms with Gasteiger partial charge in [-0.25, -0.2) is 9.78 Å². The molecule has 1 aromatic rings. The Morgan fingerprint density at radius 1 is 1.65 bits per heavy atom. The number of carbonyl (C=O) groups is 2. The van der Waals surface area contributed by atoms with Crippen LogP contribution in [0.2, 0.25) is 0 Å². The van der Waals surface area contributed by atoms with Crippen LogP contribution in [-0.2, 0) is 15.3 Å². The second-order valence-electron chi connectivity index (χ2n) is 4.90. The third-order valence-electron chi connectivity index (χ3n) is 3.83. The normalized spacial score (nSPS) is 24.9. The molecule has 1 fully saturated rings. The monoisotopic (exact) mass is 293 g/mol. The Labute approximate surface area is 120 Å². The lowest BCUT2D eigenvalue weighted by Crippen LogP contribution is -2.58. The number of carbonyl (C=O) groups excluding carboxylic acids is 1. The lowest BCUT2D eigenvalue weighted by atomic mass is 9.85. The van der Waals surface area contributed by atoms with Gasteiger partial charge in [-0.3, -0.25) is 4.79 Å². The molecule has 3 rings (SSSR count). The van der Waals surface area contributed by atoms with Gasteiger partial charge in [0.05, 0.1) is 17.7 Å². The minimum atomic E-state index is -1.02. The molecule has 0 aliphatic carbocycles. The molecule has 0 aromatic carbocycles. The van der Waals surface area contributed by atoms with Gasteiger partial charge in [-0.1, -0.05) is 6.92 Å². The van der Waals surface area contributed by atoms with Gasteiger partial charge in [0, 0.05) is 23.7 Å². The van der Waals surface area contributed by atoms with E-state index in [4.69, 9.17) is 0 Å². The molecule has 7 heteroatoms. The summed E-state index contributed by atoms with van der Waals surface area (Å²) in [7, 11) is 0. The number of carboxylic acids is 1. The molecule has 2 aliphatic rings. The number of aliphatic carboxylic acids is 1. The summed E-state index contributed by atoms with van der Waals surface area (Å²) in [5.74, 6) is 0.303. The zero-order valence-electron chi connectivity index (χ0n) is 11.0. The van der Waals surface area contributed by atoms with E-state index in [2.05, 4.69) is 9.97 Å². The van der Waals surface area contributed by atoms with E-state index in [1.165, 1.54) is 16.7 Å². The Hall–Kier alpha value is -1.76. The lowest BCUT2D eigenvalue weighted by molar-refractivity contribution is -0.155. The van der Waals surface area contributed by atoms with Crippen LogP contribution >= 0.6 is 11.8 Å². The van der Waals surface area contributed by atoms with E-state index < -0.39 is 5.97 Å². The van der Waals surface area contributed by atoms with Crippen LogP contribution in [-0.4, -0.2) is 37.9 Å². The number of thioether (sulfide) groups is 1. The summed E-state index contributed by atoms with van der Waals surface area (Å²) in [4.78, 5) is 32.7. The molecule has 0 bridgehead atoms. The predicted octanol–water partition coefficient (Wildman–Crippen LogP) is 1.58. The largest absolute Gasteiger partial charge is 0.477 e. The van der Waals surface area contributed by atoms with Gasteiger partial charge in [0.25, 0.3) is 0 Å². The second-order valence-corrected chi connectivity index (χ2v) is 5.97. The number of aromatic nitrogens is 2. The molecule has 1 saturated heterocycles. The van der Waals surface area contributed by atoms with Gasteiger partial charge in [0.2, 0.25) is 5.91 Å². The second kappa shape index (κ2) is 4.97. The van der Waals surface area contributed by atoms with Gasteiger partial charge >= 0.3 is 5.97 Å². The zero-order chi connectivity index (χ0) is 14.3. The summed E-state index contributed by atoms with van der Waals surface area (Å²) in [5, 5.41) is 9.35. The highest BCUT2D eigenvalue weighted by molar-refractivity contribution is 8.02. The Morgan fingerprint density at radius 2 is 2.45 bits per heavy atom. The first-order chi connectivity index (χ1) is 9.63. The highest BCUT2D eigenvalue weighted by atomic mass is 32.2. The van der Waals surface area contributed by atoms with E-state index in [1.54, 1.807) is 12.4 Å². The first-order valence-corrected chi connectivity index (χ1v) is 7.52. The first kappa shape index (κ1) is 13.2. The van der Waals surface area contributed by atoms with E-state index >= 15 is 0 Å². The predicted molar refractivity (Wildman–Crippen MR) is 73.6 cm³/mol. The molecular formula is C13H15N3O3S. The molecule has 1 aromatic heterocycles. The van der Waals surface area contributed by atoms with E-state index in [0.717, 1.165) is 17.2 Å². The summed E-state index contributed by atoms with van der Waals surface area (Å²) in [6, 6.07) is 0.0395. The number of β-lactam (4-membered cyclic amide) rings is 1. The fraction of sp³-hybridized carbons (Fsp3) is 0.462. The van der Waals surface area contributed by atoms with Crippen LogP contribution in [0.15, 0.2) is 23.0 Å². The fourth-order valence-electron chi connectivity index (χ4n) is 2.86. The zero-order valence-corrected chi connectivity index (χ0v) is 11.8. The van der Waals surface area contributed by atoms with Gasteiger partial charge in [0.15, 0.2) is 0 Å². The molecule has 0 saturated carbocycles. The van der Waals surface area contributed by atoms with Crippen LogP contribution in [0.1, 0.15) is 25.6 Å². The SMILES string of the molecule is CC[C@H]1C(=O)N2C(C(=O)O)=C(SCc3ncc[nH]3)C[C@H]12. The molecule has 2 atom stereocenters. The number of carboxylic acid groups (broad SMARTS) is 1. The van der Waals surface area contributed by atoms with Crippen LogP contribution < -0.4 is 0 Å². The average Bonchev–Trinajstić information content (AvgIpc) is 3.02. The maximum atomic E-state index is 12.0. The number of rotatable bonds is 5. The number of hydrogen-bond donors (Lipinski definition) is 2. The number of H-pyrrole nitrogens is 1. The van der Waals surface area contributed by atoms with Crippen LogP contribution in [0.5, 0.6) is 0 Å². The van der Waals surface area contributed by atoms with Crippen molar-refractivity contribution in [3.63, 3.8) is 0 Å². The number of aromatic amines is 1. The van der Waals surface area contributed by atoms with Crippen molar-refractivity contribution in [2.24, 2.45) is 5.92 Å². The van der Waals surface area contributed by atoms with Crippen LogP contribution in [0.4, 0.5) is 0 Å². The standard InChI is InChI=1S/C13H15N3O3S/c1-2-7-8-5-9(20-6-10-14-3-4-15-10)11(13(18)19)16(8)12(7)17/h3-4,7-8H,2,5-6H2,1H3,(H,14,15)(H,18,19)/t7-,8-/m1/s1. The molecule has 106 valence electrons. The number of fused-ring (bicyclic) bond motifs is 1. The van der Waals surface area contributed by atoms with Gasteiger partial charge < -0.3 is 15.0 Å². The summed E-state index contributed by atoms with van der Waals surface area (Å²) >= 11 is 1.45. The molecular weight excluding hydrogens is 278 g/mol. The van der Waals surface area contributed by atoms with Crippen molar-refractivity contribution < 1.29 is 14.7 Å². The minimum absolute atomic E-state index is 0.0222. The van der Waals surface area contributed by atoms with E-state index in [9.17, 15) is 14.7 Å². The molecule has 6 nitrogen and oxygen atoms in total. The number of amides is 1. The third-order valence-corrected chi connectivity index (χ3v) is 4.96. The maximum Gasteiger partial charge on any atom is 0.353 e. The number of imidazole rings is 1. The van der Waals surface area contributed by atoms with E-state index in [1.807, 2.05) is 6.92 Å². The summed E-state index contributed by atoms with van der Waals surface area (Å²) in [6.45, 7) is 1.97. The van der Waals surface area contributed by atoms with Crippen molar-refractivity contribution in [2.75, 3.05) is 0 Å². The number of hydrogen-bond acceptors (Lipinski definition) is 4. The summed E-state index contributed by atoms with van der Waals surface area (Å²) in [6.07, 6.45) is 4.82. The molecule has 3 heterocycles. The van der Waals surface area contributed by atoms with Gasteiger partial charge in [-0.2, -0.15) is 0 Å². The molecule has 0 spiro atoms. The van der Waals surface area contributed by atoms with Gasteiger partial charge in [-0.05, 0) is 6.42 Å². The Balaban J connectivity index is 1.78.